The molecule has 0 saturated heterocycles. The lowest BCUT2D eigenvalue weighted by Gasteiger charge is -2.04. The molecule has 0 fully saturated rings. The molecule has 0 atom stereocenters. The largest absolute Gasteiger partial charge is 0.347 e. The van der Waals surface area contributed by atoms with Crippen molar-refractivity contribution in [3.63, 3.8) is 0 Å². The summed E-state index contributed by atoms with van der Waals surface area (Å²) in [6.45, 7) is 1.48. The van der Waals surface area contributed by atoms with Crippen LogP contribution in [-0.4, -0.2) is 4.57 Å². The van der Waals surface area contributed by atoms with Gasteiger partial charge in [0.15, 0.2) is 0 Å². The van der Waals surface area contributed by atoms with Crippen LogP contribution in [-0.2, 0) is 13.1 Å². The zero-order valence-corrected chi connectivity index (χ0v) is 9.19. The van der Waals surface area contributed by atoms with E-state index >= 15 is 0 Å². The Hall–Kier alpha value is -1.79. The Kier molecular flexibility index (Phi) is 3.23. The van der Waals surface area contributed by atoms with Crippen LogP contribution in [0.15, 0.2) is 30.5 Å². The standard InChI is InChI=1S/C13H15N3/c14-6-1-2-7-16-8-5-12-9-11(10-15)3-4-13(12)16/h3-5,8-9H,1-2,7,10,15H2. The molecule has 2 N–H and O–H groups in total. The van der Waals surface area contributed by atoms with E-state index in [1.54, 1.807) is 0 Å². The Morgan fingerprint density at radius 2 is 2.19 bits per heavy atom. The lowest BCUT2D eigenvalue weighted by molar-refractivity contribution is 0.674. The number of nitrogens with two attached hydrogens (primary N) is 1. The molecule has 0 aliphatic rings. The molecule has 0 spiro atoms. The molecule has 2 aromatic rings. The predicted molar refractivity (Wildman–Crippen MR) is 64.7 cm³/mol. The van der Waals surface area contributed by atoms with E-state index in [0.717, 1.165) is 18.5 Å². The molecule has 1 aromatic carbocycles. The molecule has 0 aliphatic carbocycles. The van der Waals surface area contributed by atoms with Crippen molar-refractivity contribution in [2.75, 3.05) is 0 Å². The van der Waals surface area contributed by atoms with E-state index in [4.69, 9.17) is 11.0 Å². The van der Waals surface area contributed by atoms with Gasteiger partial charge in [-0.05, 0) is 35.6 Å². The highest BCUT2D eigenvalue weighted by molar-refractivity contribution is 5.80. The minimum atomic E-state index is 0.579. The Balaban J connectivity index is 2.24. The number of aromatic nitrogens is 1. The summed E-state index contributed by atoms with van der Waals surface area (Å²) in [6, 6.07) is 10.5. The summed E-state index contributed by atoms with van der Waals surface area (Å²) >= 11 is 0. The van der Waals surface area contributed by atoms with Gasteiger partial charge in [0, 0.05) is 31.2 Å². The molecule has 0 aliphatic heterocycles. The summed E-state index contributed by atoms with van der Waals surface area (Å²) in [5, 5.41) is 9.73. The molecular formula is C13H15N3. The van der Waals surface area contributed by atoms with E-state index in [9.17, 15) is 0 Å². The van der Waals surface area contributed by atoms with Crippen LogP contribution in [0.25, 0.3) is 10.9 Å². The van der Waals surface area contributed by atoms with Gasteiger partial charge in [-0.1, -0.05) is 6.07 Å². The van der Waals surface area contributed by atoms with Crippen LogP contribution in [0.1, 0.15) is 18.4 Å². The van der Waals surface area contributed by atoms with E-state index in [1.165, 1.54) is 10.9 Å². The fourth-order valence-electron chi connectivity index (χ4n) is 1.90. The number of unbranched alkanes of at least 4 members (excludes halogenated alkanes) is 1. The van der Waals surface area contributed by atoms with Gasteiger partial charge in [-0.15, -0.1) is 0 Å². The van der Waals surface area contributed by atoms with Crippen molar-refractivity contribution < 1.29 is 0 Å². The Morgan fingerprint density at radius 1 is 1.31 bits per heavy atom. The molecule has 0 radical (unpaired) electrons. The average Bonchev–Trinajstić information content (AvgIpc) is 2.72. The molecule has 3 nitrogen and oxygen atoms in total. The van der Waals surface area contributed by atoms with Crippen molar-refractivity contribution in [3.8, 4) is 6.07 Å². The maximum atomic E-state index is 8.50. The van der Waals surface area contributed by atoms with Gasteiger partial charge in [0.25, 0.3) is 0 Å². The van der Waals surface area contributed by atoms with Crippen LogP contribution in [0.3, 0.4) is 0 Å². The van der Waals surface area contributed by atoms with Crippen molar-refractivity contribution in [3.05, 3.63) is 36.0 Å². The Labute approximate surface area is 95.1 Å². The second-order valence-electron chi connectivity index (χ2n) is 3.87. The number of fused-ring (bicyclic) bond motifs is 1. The molecule has 0 amide bonds. The molecule has 1 heterocycles. The van der Waals surface area contributed by atoms with Gasteiger partial charge in [-0.3, -0.25) is 0 Å². The average molecular weight is 213 g/mol. The molecule has 2 rings (SSSR count). The van der Waals surface area contributed by atoms with Crippen LogP contribution in [0.5, 0.6) is 0 Å². The fraction of sp³-hybridized carbons (Fsp3) is 0.308. The van der Waals surface area contributed by atoms with E-state index in [1.807, 2.05) is 0 Å². The van der Waals surface area contributed by atoms with Crippen LogP contribution < -0.4 is 5.73 Å². The number of benzene rings is 1. The number of hydrogen-bond acceptors (Lipinski definition) is 2. The van der Waals surface area contributed by atoms with Crippen LogP contribution in [0.4, 0.5) is 0 Å². The lowest BCUT2D eigenvalue weighted by Crippen LogP contribution is -1.97. The van der Waals surface area contributed by atoms with Crippen LogP contribution in [0, 0.1) is 11.3 Å². The van der Waals surface area contributed by atoms with Gasteiger partial charge in [-0.25, -0.2) is 0 Å². The highest BCUT2D eigenvalue weighted by atomic mass is 14.9. The lowest BCUT2D eigenvalue weighted by atomic mass is 10.1. The summed E-state index contributed by atoms with van der Waals surface area (Å²) in [7, 11) is 0. The summed E-state index contributed by atoms with van der Waals surface area (Å²) in [6.07, 6.45) is 3.59. The zero-order chi connectivity index (χ0) is 11.4. The second kappa shape index (κ2) is 4.82. The van der Waals surface area contributed by atoms with E-state index < -0.39 is 0 Å². The molecule has 1 aromatic heterocycles. The summed E-state index contributed by atoms with van der Waals surface area (Å²) < 4.78 is 2.19. The highest BCUT2D eigenvalue weighted by Crippen LogP contribution is 2.18. The molecule has 0 bridgehead atoms. The molecule has 0 unspecified atom stereocenters. The van der Waals surface area contributed by atoms with E-state index in [2.05, 4.69) is 41.1 Å². The van der Waals surface area contributed by atoms with Crippen molar-refractivity contribution in [2.24, 2.45) is 5.73 Å². The maximum absolute atomic E-state index is 8.50. The first-order valence-electron chi connectivity index (χ1n) is 5.50. The normalized spacial score (nSPS) is 10.5. The molecule has 3 heteroatoms. The van der Waals surface area contributed by atoms with Gasteiger partial charge in [0.1, 0.15) is 0 Å². The second-order valence-corrected chi connectivity index (χ2v) is 3.87. The topological polar surface area (TPSA) is 54.7 Å². The van der Waals surface area contributed by atoms with Gasteiger partial charge in [0.05, 0.1) is 6.07 Å². The third kappa shape index (κ3) is 2.07. The first-order chi connectivity index (χ1) is 7.85. The van der Waals surface area contributed by atoms with Gasteiger partial charge >= 0.3 is 0 Å². The van der Waals surface area contributed by atoms with Gasteiger partial charge in [0.2, 0.25) is 0 Å². The third-order valence-corrected chi connectivity index (χ3v) is 2.76. The monoisotopic (exact) mass is 213 g/mol. The number of aryl methyl sites for hydroxylation is 1. The Morgan fingerprint density at radius 3 is 2.94 bits per heavy atom. The van der Waals surface area contributed by atoms with Crippen molar-refractivity contribution in [1.29, 1.82) is 5.26 Å². The van der Waals surface area contributed by atoms with Crippen molar-refractivity contribution in [2.45, 2.75) is 25.9 Å². The molecular weight excluding hydrogens is 198 g/mol. The molecule has 82 valence electrons. The smallest absolute Gasteiger partial charge is 0.0622 e. The van der Waals surface area contributed by atoms with Crippen molar-refractivity contribution >= 4 is 10.9 Å². The number of nitriles is 1. The highest BCUT2D eigenvalue weighted by Gasteiger charge is 2.01. The quantitative estimate of drug-likeness (QED) is 0.793. The van der Waals surface area contributed by atoms with Crippen LogP contribution >= 0.6 is 0 Å². The molecule has 16 heavy (non-hydrogen) atoms. The minimum Gasteiger partial charge on any atom is -0.347 e. The molecule has 0 saturated carbocycles. The van der Waals surface area contributed by atoms with Gasteiger partial charge < -0.3 is 10.3 Å². The first-order valence-corrected chi connectivity index (χ1v) is 5.50. The maximum Gasteiger partial charge on any atom is 0.0622 e. The summed E-state index contributed by atoms with van der Waals surface area (Å²) in [5.74, 6) is 0. The number of nitrogens with zero attached hydrogens (tertiary/aromatic N) is 2. The van der Waals surface area contributed by atoms with Gasteiger partial charge in [-0.2, -0.15) is 5.26 Å². The SMILES string of the molecule is N#CCCCn1ccc2cc(CN)ccc21. The van der Waals surface area contributed by atoms with E-state index in [-0.39, 0.29) is 0 Å². The number of hydrogen-bond donors (Lipinski definition) is 1. The Bertz CT molecular complexity index is 519. The first kappa shape index (κ1) is 10.7. The van der Waals surface area contributed by atoms with E-state index in [0.29, 0.717) is 13.0 Å². The summed E-state index contributed by atoms with van der Waals surface area (Å²) in [4.78, 5) is 0. The van der Waals surface area contributed by atoms with Crippen molar-refractivity contribution in [1.82, 2.24) is 4.57 Å². The van der Waals surface area contributed by atoms with Crippen LogP contribution in [0.2, 0.25) is 0 Å². The fourth-order valence-corrected chi connectivity index (χ4v) is 1.90. The minimum absolute atomic E-state index is 0.579. The third-order valence-electron chi connectivity index (χ3n) is 2.76. The number of rotatable bonds is 4. The zero-order valence-electron chi connectivity index (χ0n) is 9.19. The predicted octanol–water partition coefficient (Wildman–Crippen LogP) is 2.40. The summed E-state index contributed by atoms with van der Waals surface area (Å²) in [5.41, 5.74) is 7.98.